The van der Waals surface area contributed by atoms with Crippen molar-refractivity contribution >= 4 is 24.7 Å². The molecule has 0 aromatic heterocycles. The van der Waals surface area contributed by atoms with Crippen LogP contribution in [-0.4, -0.2) is 33.0 Å². The molecule has 2 aromatic carbocycles. The SMILES string of the molecule is CC(C)(C)[Si](OC[C@H]1C[C@H](N=[N+]=[N-])C(=O)O1)(c1ccccc1)c1ccccc1. The lowest BCUT2D eigenvalue weighted by Crippen LogP contribution is -2.67. The average molecular weight is 396 g/mol. The number of carbonyl (C=O) groups is 1. The highest BCUT2D eigenvalue weighted by Crippen LogP contribution is 2.37. The fraction of sp³-hybridized carbons (Fsp3) is 0.381. The van der Waals surface area contributed by atoms with Gasteiger partial charge in [-0.3, -0.25) is 4.79 Å². The molecule has 7 heteroatoms. The molecule has 1 saturated heterocycles. The summed E-state index contributed by atoms with van der Waals surface area (Å²) in [5, 5.41) is 5.72. The number of nitrogens with zero attached hydrogens (tertiary/aromatic N) is 3. The Balaban J connectivity index is 1.98. The molecular weight excluding hydrogens is 370 g/mol. The van der Waals surface area contributed by atoms with Crippen LogP contribution >= 0.6 is 0 Å². The topological polar surface area (TPSA) is 84.3 Å². The normalized spacial score (nSPS) is 19.8. The molecule has 1 fully saturated rings. The van der Waals surface area contributed by atoms with Crippen LogP contribution in [0.15, 0.2) is 65.8 Å². The summed E-state index contributed by atoms with van der Waals surface area (Å²) in [5.74, 6) is -0.478. The number of hydrogen-bond donors (Lipinski definition) is 0. The van der Waals surface area contributed by atoms with E-state index in [-0.39, 0.29) is 11.6 Å². The van der Waals surface area contributed by atoms with Crippen molar-refractivity contribution in [3.05, 3.63) is 71.1 Å². The Morgan fingerprint density at radius 3 is 2.11 bits per heavy atom. The number of ether oxygens (including phenoxy) is 1. The van der Waals surface area contributed by atoms with E-state index in [2.05, 4.69) is 55.1 Å². The third-order valence-corrected chi connectivity index (χ3v) is 10.1. The summed E-state index contributed by atoms with van der Waals surface area (Å²) in [6.07, 6.45) is -0.0641. The number of cyclic esters (lactones) is 1. The first-order valence-electron chi connectivity index (χ1n) is 9.38. The molecule has 0 amide bonds. The fourth-order valence-corrected chi connectivity index (χ4v) is 8.47. The van der Waals surface area contributed by atoms with E-state index in [9.17, 15) is 4.79 Å². The van der Waals surface area contributed by atoms with Crippen molar-refractivity contribution in [3.63, 3.8) is 0 Å². The van der Waals surface area contributed by atoms with Gasteiger partial charge in [0.25, 0.3) is 8.32 Å². The van der Waals surface area contributed by atoms with Gasteiger partial charge in [0.1, 0.15) is 12.1 Å². The molecule has 2 atom stereocenters. The number of esters is 1. The van der Waals surface area contributed by atoms with E-state index in [4.69, 9.17) is 14.7 Å². The van der Waals surface area contributed by atoms with Crippen LogP contribution in [0.2, 0.25) is 5.04 Å². The zero-order valence-corrected chi connectivity index (χ0v) is 17.4. The molecule has 0 bridgehead atoms. The Labute approximate surface area is 166 Å². The molecule has 0 spiro atoms. The minimum atomic E-state index is -2.67. The van der Waals surface area contributed by atoms with E-state index in [0.29, 0.717) is 6.42 Å². The van der Waals surface area contributed by atoms with Crippen LogP contribution in [0.4, 0.5) is 0 Å². The Morgan fingerprint density at radius 2 is 1.64 bits per heavy atom. The van der Waals surface area contributed by atoms with E-state index in [1.165, 1.54) is 10.4 Å². The van der Waals surface area contributed by atoms with Crippen molar-refractivity contribution < 1.29 is 14.0 Å². The number of rotatable bonds is 6. The first kappa shape index (κ1) is 20.1. The minimum absolute atomic E-state index is 0.150. The summed E-state index contributed by atoms with van der Waals surface area (Å²) in [5.41, 5.74) is 8.62. The van der Waals surface area contributed by atoms with Crippen LogP contribution in [0.3, 0.4) is 0 Å². The lowest BCUT2D eigenvalue weighted by atomic mass is 10.2. The fourth-order valence-electron chi connectivity index (χ4n) is 3.87. The van der Waals surface area contributed by atoms with Gasteiger partial charge < -0.3 is 9.16 Å². The zero-order chi connectivity index (χ0) is 20.2. The third-order valence-electron chi connectivity index (χ3n) is 5.13. The molecule has 6 nitrogen and oxygen atoms in total. The molecule has 1 aliphatic heterocycles. The monoisotopic (exact) mass is 395 g/mol. The summed E-state index contributed by atoms with van der Waals surface area (Å²) < 4.78 is 12.2. The predicted molar refractivity (Wildman–Crippen MR) is 111 cm³/mol. The highest BCUT2D eigenvalue weighted by atomic mass is 28.4. The van der Waals surface area contributed by atoms with Crippen molar-refractivity contribution in [1.29, 1.82) is 0 Å². The molecule has 1 aliphatic rings. The van der Waals surface area contributed by atoms with Gasteiger partial charge in [0, 0.05) is 11.3 Å². The van der Waals surface area contributed by atoms with Gasteiger partial charge in [-0.05, 0) is 20.9 Å². The van der Waals surface area contributed by atoms with Crippen LogP contribution in [-0.2, 0) is 14.0 Å². The lowest BCUT2D eigenvalue weighted by molar-refractivity contribution is -0.143. The highest BCUT2D eigenvalue weighted by Gasteiger charge is 2.51. The third kappa shape index (κ3) is 3.82. The lowest BCUT2D eigenvalue weighted by Gasteiger charge is -2.43. The summed E-state index contributed by atoms with van der Waals surface area (Å²) >= 11 is 0. The van der Waals surface area contributed by atoms with Crippen LogP contribution in [0, 0.1) is 0 Å². The van der Waals surface area contributed by atoms with Crippen LogP contribution in [0.5, 0.6) is 0 Å². The number of azide groups is 1. The van der Waals surface area contributed by atoms with E-state index < -0.39 is 26.4 Å². The Bertz CT molecular complexity index is 822. The molecular formula is C21H25N3O3Si. The second-order valence-corrected chi connectivity index (χ2v) is 12.3. The second kappa shape index (κ2) is 8.18. The van der Waals surface area contributed by atoms with Gasteiger partial charge >= 0.3 is 5.97 Å². The molecule has 0 saturated carbocycles. The quantitative estimate of drug-likeness (QED) is 0.246. The van der Waals surface area contributed by atoms with Gasteiger partial charge in [0.15, 0.2) is 0 Å². The van der Waals surface area contributed by atoms with E-state index in [1.807, 2.05) is 36.4 Å². The van der Waals surface area contributed by atoms with Crippen molar-refractivity contribution in [2.24, 2.45) is 5.11 Å². The van der Waals surface area contributed by atoms with E-state index in [0.717, 1.165) is 0 Å². The molecule has 2 aromatic rings. The minimum Gasteiger partial charge on any atom is -0.460 e. The van der Waals surface area contributed by atoms with Crippen molar-refractivity contribution in [2.45, 2.75) is 44.4 Å². The maximum absolute atomic E-state index is 11.9. The molecule has 0 unspecified atom stereocenters. The number of hydrogen-bond acceptors (Lipinski definition) is 4. The maximum Gasteiger partial charge on any atom is 0.315 e. The van der Waals surface area contributed by atoms with Gasteiger partial charge in [-0.25, -0.2) is 0 Å². The predicted octanol–water partition coefficient (Wildman–Crippen LogP) is 3.56. The van der Waals surface area contributed by atoms with Crippen molar-refractivity contribution in [1.82, 2.24) is 0 Å². The van der Waals surface area contributed by atoms with Gasteiger partial charge in [0.2, 0.25) is 0 Å². The zero-order valence-electron chi connectivity index (χ0n) is 16.4. The van der Waals surface area contributed by atoms with Gasteiger partial charge in [0.05, 0.1) is 6.61 Å². The van der Waals surface area contributed by atoms with Crippen LogP contribution < -0.4 is 10.4 Å². The van der Waals surface area contributed by atoms with Crippen molar-refractivity contribution in [2.75, 3.05) is 6.61 Å². The first-order chi connectivity index (χ1) is 13.4. The summed E-state index contributed by atoms with van der Waals surface area (Å²) in [7, 11) is -2.67. The van der Waals surface area contributed by atoms with Crippen LogP contribution in [0.1, 0.15) is 27.2 Å². The molecule has 0 radical (unpaired) electrons. The second-order valence-electron chi connectivity index (χ2n) is 7.99. The number of carbonyl (C=O) groups excluding carboxylic acids is 1. The van der Waals surface area contributed by atoms with Gasteiger partial charge in [-0.2, -0.15) is 0 Å². The Morgan fingerprint density at radius 1 is 1.11 bits per heavy atom. The summed E-state index contributed by atoms with van der Waals surface area (Å²) in [6, 6.07) is 19.8. The summed E-state index contributed by atoms with van der Waals surface area (Å²) in [4.78, 5) is 14.6. The Hall–Kier alpha value is -2.60. The molecule has 0 N–H and O–H groups in total. The largest absolute Gasteiger partial charge is 0.460 e. The Kier molecular flexibility index (Phi) is 5.89. The van der Waals surface area contributed by atoms with Crippen LogP contribution in [0.25, 0.3) is 10.4 Å². The van der Waals surface area contributed by atoms with Gasteiger partial charge in [-0.1, -0.05) is 86.5 Å². The number of benzene rings is 2. The molecule has 1 heterocycles. The smallest absolute Gasteiger partial charge is 0.315 e. The molecule has 146 valence electrons. The van der Waals surface area contributed by atoms with Gasteiger partial charge in [-0.15, -0.1) is 0 Å². The molecule has 0 aliphatic carbocycles. The molecule has 3 rings (SSSR count). The van der Waals surface area contributed by atoms with Crippen molar-refractivity contribution in [3.8, 4) is 0 Å². The standard InChI is InChI=1S/C21H25N3O3Si/c1-21(2,3)28(17-10-6-4-7-11-17,18-12-8-5-9-13-18)26-15-16-14-19(23-24-22)20(25)27-16/h4-13,16,19H,14-15H2,1-3H3/t16-,19+/m1/s1. The van der Waals surface area contributed by atoms with E-state index >= 15 is 0 Å². The maximum atomic E-state index is 11.9. The molecule has 28 heavy (non-hydrogen) atoms. The first-order valence-corrected chi connectivity index (χ1v) is 11.3. The summed E-state index contributed by atoms with van der Waals surface area (Å²) in [6.45, 7) is 6.87. The van der Waals surface area contributed by atoms with E-state index in [1.54, 1.807) is 0 Å². The highest BCUT2D eigenvalue weighted by molar-refractivity contribution is 6.99. The average Bonchev–Trinajstić information content (AvgIpc) is 3.03.